The molecular formula is C26H31N5O4. The van der Waals surface area contributed by atoms with Crippen molar-refractivity contribution >= 4 is 34.1 Å². The van der Waals surface area contributed by atoms with Crippen LogP contribution < -0.4 is 20.7 Å². The number of aliphatic hydroxyl groups is 1. The van der Waals surface area contributed by atoms with Crippen LogP contribution in [0.15, 0.2) is 42.6 Å². The summed E-state index contributed by atoms with van der Waals surface area (Å²) in [4.78, 5) is 33.5. The fourth-order valence-electron chi connectivity index (χ4n) is 4.20. The highest BCUT2D eigenvalue weighted by atomic mass is 16.5. The number of ether oxygens (including phenoxy) is 1. The Balaban J connectivity index is 1.33. The Bertz CT molecular complexity index is 1230. The fourth-order valence-corrected chi connectivity index (χ4v) is 4.20. The van der Waals surface area contributed by atoms with Crippen molar-refractivity contribution in [3.8, 4) is 5.75 Å². The van der Waals surface area contributed by atoms with Gasteiger partial charge in [0.1, 0.15) is 5.60 Å². The Labute approximate surface area is 204 Å². The van der Waals surface area contributed by atoms with Gasteiger partial charge in [-0.1, -0.05) is 31.5 Å². The number of para-hydroxylation sites is 1. The zero-order valence-corrected chi connectivity index (χ0v) is 20.1. The molecule has 0 saturated carbocycles. The molecule has 4 rings (SSSR count). The summed E-state index contributed by atoms with van der Waals surface area (Å²) in [6, 6.07) is 11.3. The quantitative estimate of drug-likeness (QED) is 0.330. The average Bonchev–Trinajstić information content (AvgIpc) is 2.84. The molecule has 1 aromatic carbocycles. The monoisotopic (exact) mass is 477 g/mol. The van der Waals surface area contributed by atoms with Gasteiger partial charge in [0.05, 0.1) is 28.8 Å². The maximum absolute atomic E-state index is 13.1. The molecule has 184 valence electrons. The highest BCUT2D eigenvalue weighted by molar-refractivity contribution is 6.03. The summed E-state index contributed by atoms with van der Waals surface area (Å²) in [6.45, 7) is 4.93. The van der Waals surface area contributed by atoms with Crippen LogP contribution in [0.2, 0.25) is 0 Å². The molecule has 4 N–H and O–H groups in total. The van der Waals surface area contributed by atoms with Gasteiger partial charge < -0.3 is 25.8 Å². The largest absolute Gasteiger partial charge is 0.480 e. The van der Waals surface area contributed by atoms with Crippen molar-refractivity contribution < 1.29 is 19.4 Å². The number of amides is 2. The van der Waals surface area contributed by atoms with E-state index in [1.165, 1.54) is 0 Å². The van der Waals surface area contributed by atoms with E-state index < -0.39 is 11.5 Å². The topological polar surface area (TPSA) is 125 Å². The lowest BCUT2D eigenvalue weighted by Crippen LogP contribution is -2.43. The minimum Gasteiger partial charge on any atom is -0.480 e. The molecule has 0 fully saturated rings. The first-order valence-corrected chi connectivity index (χ1v) is 11.9. The first kappa shape index (κ1) is 24.6. The minimum atomic E-state index is -1.48. The second kappa shape index (κ2) is 10.8. The number of aromatic nitrogens is 2. The van der Waals surface area contributed by atoms with Crippen LogP contribution in [0.25, 0.3) is 10.9 Å². The van der Waals surface area contributed by atoms with Crippen LogP contribution in [0.5, 0.6) is 5.75 Å². The Kier molecular flexibility index (Phi) is 7.57. The summed E-state index contributed by atoms with van der Waals surface area (Å²) in [6.07, 6.45) is 3.55. The minimum absolute atomic E-state index is 0.00280. The highest BCUT2D eigenvalue weighted by Crippen LogP contribution is 2.28. The van der Waals surface area contributed by atoms with Crippen molar-refractivity contribution in [3.05, 3.63) is 54.0 Å². The van der Waals surface area contributed by atoms with E-state index in [0.29, 0.717) is 61.4 Å². The molecule has 9 nitrogen and oxygen atoms in total. The lowest BCUT2D eigenvalue weighted by Gasteiger charge is -2.27. The molecule has 35 heavy (non-hydrogen) atoms. The number of rotatable bonds is 10. The molecule has 3 heterocycles. The molecule has 2 amide bonds. The molecule has 0 unspecified atom stereocenters. The van der Waals surface area contributed by atoms with Gasteiger partial charge >= 0.3 is 0 Å². The van der Waals surface area contributed by atoms with E-state index in [-0.39, 0.29) is 12.5 Å². The Morgan fingerprint density at radius 2 is 2.11 bits per heavy atom. The molecule has 0 saturated heterocycles. The Morgan fingerprint density at radius 1 is 1.26 bits per heavy atom. The van der Waals surface area contributed by atoms with E-state index >= 15 is 0 Å². The van der Waals surface area contributed by atoms with E-state index in [9.17, 15) is 14.7 Å². The molecule has 0 radical (unpaired) electrons. The molecule has 3 aromatic rings. The predicted octanol–water partition coefficient (Wildman–Crippen LogP) is 3.31. The number of fused-ring (bicyclic) bond motifs is 2. The Morgan fingerprint density at radius 3 is 2.94 bits per heavy atom. The first-order valence-electron chi connectivity index (χ1n) is 11.9. The molecule has 0 bridgehead atoms. The lowest BCUT2D eigenvalue weighted by atomic mass is 9.91. The van der Waals surface area contributed by atoms with Crippen LogP contribution in [0.1, 0.15) is 44.0 Å². The van der Waals surface area contributed by atoms with Gasteiger partial charge in [-0.05, 0) is 50.9 Å². The first-order chi connectivity index (χ1) is 16.9. The Hall–Kier alpha value is -3.56. The van der Waals surface area contributed by atoms with Crippen molar-refractivity contribution in [2.75, 3.05) is 23.8 Å². The second-order valence-corrected chi connectivity index (χ2v) is 8.85. The molecule has 9 heteroatoms. The number of nitrogens with zero attached hydrogens (tertiary/aromatic N) is 2. The van der Waals surface area contributed by atoms with Crippen molar-refractivity contribution in [2.24, 2.45) is 0 Å². The molecule has 1 aliphatic heterocycles. The van der Waals surface area contributed by atoms with Crippen molar-refractivity contribution in [2.45, 2.75) is 51.7 Å². The number of anilines is 2. The van der Waals surface area contributed by atoms with Gasteiger partial charge in [0.15, 0.2) is 12.4 Å². The summed E-state index contributed by atoms with van der Waals surface area (Å²) in [5.74, 6) is -0.0479. The molecule has 0 spiro atoms. The number of carbonyl (C=O) groups excluding carboxylic acids is 2. The smallest absolute Gasteiger partial charge is 0.262 e. The predicted molar refractivity (Wildman–Crippen MR) is 134 cm³/mol. The number of nitrogens with one attached hydrogen (secondary N) is 3. The van der Waals surface area contributed by atoms with Crippen LogP contribution in [0.4, 0.5) is 11.4 Å². The number of hydrogen-bond acceptors (Lipinski definition) is 7. The molecule has 1 aliphatic rings. The van der Waals surface area contributed by atoms with Crippen LogP contribution in [0.3, 0.4) is 0 Å². The average molecular weight is 478 g/mol. The van der Waals surface area contributed by atoms with Gasteiger partial charge in [0, 0.05) is 17.6 Å². The van der Waals surface area contributed by atoms with E-state index in [4.69, 9.17) is 4.74 Å². The summed E-state index contributed by atoms with van der Waals surface area (Å²) >= 11 is 0. The number of hydrogen-bond donors (Lipinski definition) is 4. The van der Waals surface area contributed by atoms with Crippen LogP contribution >= 0.6 is 0 Å². The van der Waals surface area contributed by atoms with E-state index in [2.05, 4.69) is 25.9 Å². The summed E-state index contributed by atoms with van der Waals surface area (Å²) < 4.78 is 5.32. The van der Waals surface area contributed by atoms with Crippen molar-refractivity contribution in [1.29, 1.82) is 0 Å². The normalized spacial score (nSPS) is 14.5. The third-order valence-corrected chi connectivity index (χ3v) is 6.00. The summed E-state index contributed by atoms with van der Waals surface area (Å²) in [5, 5.41) is 21.1. The van der Waals surface area contributed by atoms with Crippen LogP contribution in [-0.4, -0.2) is 45.6 Å². The zero-order chi connectivity index (χ0) is 24.8. The molecular weight excluding hydrogens is 446 g/mol. The van der Waals surface area contributed by atoms with Gasteiger partial charge in [-0.2, -0.15) is 0 Å². The SMILES string of the molecule is CCC[C@@](O)(CCCNCc1cc2c(cn1)OCC(=O)N2)C(=O)Nc1cccc2ccc(C)nc12. The third-order valence-electron chi connectivity index (χ3n) is 6.00. The van der Waals surface area contributed by atoms with Gasteiger partial charge in [-0.25, -0.2) is 0 Å². The standard InChI is InChI=1S/C26H31N5O4/c1-3-10-26(34,25(33)31-20-7-4-6-18-9-8-17(2)29-24(18)20)11-5-12-27-14-19-13-21-22(15-28-19)35-16-23(32)30-21/h4,6-9,13,15,27,34H,3,5,10-12,14,16H2,1-2H3,(H,30,32)(H,31,33)/t26-/m1/s1. The summed E-state index contributed by atoms with van der Waals surface area (Å²) in [7, 11) is 0. The number of pyridine rings is 2. The number of carbonyl (C=O) groups is 2. The number of aryl methyl sites for hydroxylation is 1. The van der Waals surface area contributed by atoms with Crippen LogP contribution in [0, 0.1) is 6.92 Å². The second-order valence-electron chi connectivity index (χ2n) is 8.85. The number of benzene rings is 1. The lowest BCUT2D eigenvalue weighted by molar-refractivity contribution is -0.135. The van der Waals surface area contributed by atoms with Gasteiger partial charge in [0.2, 0.25) is 0 Å². The fraction of sp³-hybridized carbons (Fsp3) is 0.385. The van der Waals surface area contributed by atoms with Gasteiger partial charge in [-0.15, -0.1) is 0 Å². The molecule has 2 aromatic heterocycles. The van der Waals surface area contributed by atoms with Crippen LogP contribution in [-0.2, 0) is 16.1 Å². The van der Waals surface area contributed by atoms with E-state index in [1.807, 2.05) is 38.1 Å². The highest BCUT2D eigenvalue weighted by Gasteiger charge is 2.34. The van der Waals surface area contributed by atoms with Crippen molar-refractivity contribution in [1.82, 2.24) is 15.3 Å². The maximum atomic E-state index is 13.1. The molecule has 1 atom stereocenters. The van der Waals surface area contributed by atoms with E-state index in [1.54, 1.807) is 18.3 Å². The van der Waals surface area contributed by atoms with Gasteiger partial charge in [-0.3, -0.25) is 19.6 Å². The van der Waals surface area contributed by atoms with Gasteiger partial charge in [0.25, 0.3) is 11.8 Å². The van der Waals surface area contributed by atoms with E-state index in [0.717, 1.165) is 16.8 Å². The zero-order valence-electron chi connectivity index (χ0n) is 20.1. The molecule has 0 aliphatic carbocycles. The third kappa shape index (κ3) is 5.93. The van der Waals surface area contributed by atoms with Crippen molar-refractivity contribution in [3.63, 3.8) is 0 Å². The maximum Gasteiger partial charge on any atom is 0.262 e. The summed E-state index contributed by atoms with van der Waals surface area (Å²) in [5.41, 5.74) is 2.06.